The zero-order valence-corrected chi connectivity index (χ0v) is 13.1. The van der Waals surface area contributed by atoms with Gasteiger partial charge in [0.05, 0.1) is 0 Å². The average Bonchev–Trinajstić information content (AvgIpc) is 2.39. The molecule has 1 nitrogen and oxygen atoms in total. The largest absolute Gasteiger partial charge is 0.315 e. The Labute approximate surface area is 131 Å². The van der Waals surface area contributed by atoms with Gasteiger partial charge in [0.25, 0.3) is 0 Å². The van der Waals surface area contributed by atoms with Gasteiger partial charge in [0, 0.05) is 28.0 Å². The van der Waals surface area contributed by atoms with Crippen LogP contribution in [0.4, 0.5) is 4.39 Å². The van der Waals surface area contributed by atoms with Gasteiger partial charge in [-0.3, -0.25) is 0 Å². The van der Waals surface area contributed by atoms with E-state index in [0.29, 0.717) is 5.02 Å². The number of hydrogen-bond acceptors (Lipinski definition) is 1. The van der Waals surface area contributed by atoms with Crippen molar-refractivity contribution >= 4 is 27.5 Å². The van der Waals surface area contributed by atoms with Gasteiger partial charge >= 0.3 is 0 Å². The Kier molecular flexibility index (Phi) is 3.85. The minimum Gasteiger partial charge on any atom is -0.315 e. The van der Waals surface area contributed by atoms with E-state index in [-0.39, 0.29) is 11.2 Å². The Hall–Kier alpha value is -0.900. The monoisotopic (exact) mass is 353 g/mol. The van der Waals surface area contributed by atoms with Gasteiger partial charge in [0.2, 0.25) is 0 Å². The van der Waals surface area contributed by atoms with Crippen LogP contribution in [-0.2, 0) is 11.8 Å². The molecule has 0 spiro atoms. The number of rotatable bonds is 3. The third-order valence-electron chi connectivity index (χ3n) is 3.92. The van der Waals surface area contributed by atoms with Crippen LogP contribution in [0.15, 0.2) is 46.9 Å². The first-order chi connectivity index (χ1) is 9.59. The van der Waals surface area contributed by atoms with Gasteiger partial charge in [-0.1, -0.05) is 39.7 Å². The smallest absolute Gasteiger partial charge is 0.123 e. The van der Waals surface area contributed by atoms with E-state index in [4.69, 9.17) is 11.6 Å². The fourth-order valence-corrected chi connectivity index (χ4v) is 3.15. The van der Waals surface area contributed by atoms with Gasteiger partial charge < -0.3 is 5.32 Å². The quantitative estimate of drug-likeness (QED) is 0.865. The molecule has 1 heterocycles. The molecule has 4 heteroatoms. The lowest BCUT2D eigenvalue weighted by molar-refractivity contribution is 0.274. The molecule has 3 rings (SSSR count). The molecule has 1 fully saturated rings. The Morgan fingerprint density at radius 3 is 2.45 bits per heavy atom. The summed E-state index contributed by atoms with van der Waals surface area (Å²) in [6, 6.07) is 12.9. The van der Waals surface area contributed by atoms with E-state index in [2.05, 4.69) is 33.4 Å². The zero-order chi connectivity index (χ0) is 14.2. The molecule has 2 aromatic rings. The summed E-state index contributed by atoms with van der Waals surface area (Å²) in [7, 11) is 0. The van der Waals surface area contributed by atoms with Crippen molar-refractivity contribution in [1.82, 2.24) is 5.32 Å². The molecule has 1 aliphatic rings. The normalized spacial score (nSPS) is 16.8. The summed E-state index contributed by atoms with van der Waals surface area (Å²) in [6.07, 6.45) is 0.748. The number of nitrogens with one attached hydrogen (secondary N) is 1. The van der Waals surface area contributed by atoms with Crippen LogP contribution >= 0.6 is 27.5 Å². The van der Waals surface area contributed by atoms with Crippen LogP contribution in [0.3, 0.4) is 0 Å². The van der Waals surface area contributed by atoms with Gasteiger partial charge in [-0.05, 0) is 47.9 Å². The summed E-state index contributed by atoms with van der Waals surface area (Å²) in [5.41, 5.74) is 2.15. The maximum atomic E-state index is 13.4. The fraction of sp³-hybridized carbons (Fsp3) is 0.250. The van der Waals surface area contributed by atoms with E-state index in [0.717, 1.165) is 29.5 Å². The number of benzene rings is 2. The summed E-state index contributed by atoms with van der Waals surface area (Å²) < 4.78 is 14.5. The highest BCUT2D eigenvalue weighted by Crippen LogP contribution is 2.35. The molecule has 0 bridgehead atoms. The molecule has 0 amide bonds. The lowest BCUT2D eigenvalue weighted by Crippen LogP contribution is -2.58. The standard InChI is InChI=1S/C16H14BrClFN/c17-13-3-1-12(2-4-13)16(9-20-10-16)8-11-7-14(19)5-6-15(11)18/h1-7,20H,8-10H2. The molecular formula is C16H14BrClFN. The summed E-state index contributed by atoms with van der Waals surface area (Å²) in [5.74, 6) is -0.234. The second kappa shape index (κ2) is 5.47. The van der Waals surface area contributed by atoms with E-state index in [1.54, 1.807) is 12.1 Å². The lowest BCUT2D eigenvalue weighted by Gasteiger charge is -2.43. The van der Waals surface area contributed by atoms with E-state index < -0.39 is 0 Å². The van der Waals surface area contributed by atoms with Crippen molar-refractivity contribution in [1.29, 1.82) is 0 Å². The fourth-order valence-electron chi connectivity index (χ4n) is 2.70. The molecule has 2 aromatic carbocycles. The predicted octanol–water partition coefficient (Wildman–Crippen LogP) is 4.33. The van der Waals surface area contributed by atoms with Crippen LogP contribution in [-0.4, -0.2) is 13.1 Å². The van der Waals surface area contributed by atoms with E-state index in [9.17, 15) is 4.39 Å². The molecule has 0 radical (unpaired) electrons. The highest BCUT2D eigenvalue weighted by atomic mass is 79.9. The Morgan fingerprint density at radius 2 is 1.85 bits per heavy atom. The summed E-state index contributed by atoms with van der Waals surface area (Å²) in [4.78, 5) is 0. The Morgan fingerprint density at radius 1 is 1.15 bits per heavy atom. The van der Waals surface area contributed by atoms with Crippen molar-refractivity contribution in [2.75, 3.05) is 13.1 Å². The molecule has 0 saturated carbocycles. The molecule has 20 heavy (non-hydrogen) atoms. The third-order valence-corrected chi connectivity index (χ3v) is 4.82. The molecule has 0 aliphatic carbocycles. The lowest BCUT2D eigenvalue weighted by atomic mass is 9.71. The molecule has 0 atom stereocenters. The molecule has 1 aliphatic heterocycles. The van der Waals surface area contributed by atoms with Crippen molar-refractivity contribution in [2.45, 2.75) is 11.8 Å². The zero-order valence-electron chi connectivity index (χ0n) is 10.8. The molecule has 0 unspecified atom stereocenters. The van der Waals surface area contributed by atoms with Gasteiger partial charge in [0.1, 0.15) is 5.82 Å². The van der Waals surface area contributed by atoms with Crippen molar-refractivity contribution in [2.24, 2.45) is 0 Å². The number of halogens is 3. The highest BCUT2D eigenvalue weighted by molar-refractivity contribution is 9.10. The van der Waals surface area contributed by atoms with Crippen molar-refractivity contribution < 1.29 is 4.39 Å². The van der Waals surface area contributed by atoms with Gasteiger partial charge in [-0.2, -0.15) is 0 Å². The molecule has 1 N–H and O–H groups in total. The third kappa shape index (κ3) is 2.62. The van der Waals surface area contributed by atoms with E-state index in [1.165, 1.54) is 11.6 Å². The van der Waals surface area contributed by atoms with Crippen LogP contribution in [0.2, 0.25) is 5.02 Å². The summed E-state index contributed by atoms with van der Waals surface area (Å²) in [5, 5.41) is 3.95. The topological polar surface area (TPSA) is 12.0 Å². The predicted molar refractivity (Wildman–Crippen MR) is 83.8 cm³/mol. The SMILES string of the molecule is Fc1ccc(Cl)c(CC2(c3ccc(Br)cc3)CNC2)c1. The first kappa shape index (κ1) is 14.1. The van der Waals surface area contributed by atoms with Gasteiger partial charge in [0.15, 0.2) is 0 Å². The van der Waals surface area contributed by atoms with Crippen molar-refractivity contribution in [3.63, 3.8) is 0 Å². The molecule has 104 valence electrons. The van der Waals surface area contributed by atoms with Crippen LogP contribution in [0.5, 0.6) is 0 Å². The maximum Gasteiger partial charge on any atom is 0.123 e. The highest BCUT2D eigenvalue weighted by Gasteiger charge is 2.39. The minimum absolute atomic E-state index is 0.0120. The summed E-state index contributed by atoms with van der Waals surface area (Å²) >= 11 is 9.66. The van der Waals surface area contributed by atoms with Crippen LogP contribution < -0.4 is 5.32 Å². The first-order valence-corrected chi connectivity index (χ1v) is 7.67. The minimum atomic E-state index is -0.234. The van der Waals surface area contributed by atoms with Crippen LogP contribution in [0, 0.1) is 5.82 Å². The average molecular weight is 355 g/mol. The summed E-state index contributed by atoms with van der Waals surface area (Å²) in [6.45, 7) is 1.78. The Bertz CT molecular complexity index is 623. The van der Waals surface area contributed by atoms with E-state index in [1.807, 2.05) is 12.1 Å². The van der Waals surface area contributed by atoms with Gasteiger partial charge in [-0.25, -0.2) is 4.39 Å². The number of hydrogen-bond donors (Lipinski definition) is 1. The van der Waals surface area contributed by atoms with Crippen molar-refractivity contribution in [3.8, 4) is 0 Å². The first-order valence-electron chi connectivity index (χ1n) is 6.50. The van der Waals surface area contributed by atoms with Crippen molar-refractivity contribution in [3.05, 3.63) is 68.9 Å². The van der Waals surface area contributed by atoms with Crippen LogP contribution in [0.25, 0.3) is 0 Å². The molecule has 0 aromatic heterocycles. The second-order valence-electron chi connectivity index (χ2n) is 5.30. The Balaban J connectivity index is 1.93. The van der Waals surface area contributed by atoms with Gasteiger partial charge in [-0.15, -0.1) is 0 Å². The van der Waals surface area contributed by atoms with E-state index >= 15 is 0 Å². The second-order valence-corrected chi connectivity index (χ2v) is 6.63. The molecular weight excluding hydrogens is 341 g/mol. The molecule has 1 saturated heterocycles. The maximum absolute atomic E-state index is 13.4. The van der Waals surface area contributed by atoms with Crippen LogP contribution in [0.1, 0.15) is 11.1 Å².